The van der Waals surface area contributed by atoms with Crippen LogP contribution in [0.5, 0.6) is 0 Å². The minimum absolute atomic E-state index is 0.475. The van der Waals surface area contributed by atoms with E-state index in [1.807, 2.05) is 0 Å². The molecule has 0 radical (unpaired) electrons. The van der Waals surface area contributed by atoms with Gasteiger partial charge in [0.2, 0.25) is 0 Å². The lowest BCUT2D eigenvalue weighted by atomic mass is 9.98. The Hall–Kier alpha value is -1.58. The molecular weight excluding hydrogens is 282 g/mol. The molecule has 0 aliphatic carbocycles. The summed E-state index contributed by atoms with van der Waals surface area (Å²) < 4.78 is 0. The Kier molecular flexibility index (Phi) is 3.64. The van der Waals surface area contributed by atoms with E-state index in [2.05, 4.69) is 61.0 Å². The predicted molar refractivity (Wildman–Crippen MR) is 91.6 cm³/mol. The first-order valence-electron chi connectivity index (χ1n) is 6.68. The molecule has 20 heavy (non-hydrogen) atoms. The van der Waals surface area contributed by atoms with Crippen molar-refractivity contribution in [1.82, 2.24) is 0 Å². The van der Waals surface area contributed by atoms with Crippen LogP contribution in [0.1, 0.15) is 24.6 Å². The molecule has 0 bridgehead atoms. The zero-order valence-electron chi connectivity index (χ0n) is 11.6. The molecule has 0 saturated heterocycles. The molecule has 1 aromatic carbocycles. The van der Waals surface area contributed by atoms with Crippen LogP contribution in [0.2, 0.25) is 0 Å². The summed E-state index contributed by atoms with van der Waals surface area (Å²) in [6.07, 6.45) is 0. The number of hydrogen-bond donors (Lipinski definition) is 1. The molecule has 0 fully saturated rings. The Morgan fingerprint density at radius 3 is 2.25 bits per heavy atom. The third-order valence-electron chi connectivity index (χ3n) is 3.39. The first-order chi connectivity index (χ1) is 9.68. The van der Waals surface area contributed by atoms with Crippen LogP contribution < -0.4 is 5.73 Å². The molecule has 3 aromatic rings. The van der Waals surface area contributed by atoms with E-state index in [4.69, 9.17) is 5.73 Å². The Morgan fingerprint density at radius 2 is 1.65 bits per heavy atom. The fraction of sp³-hybridized carbons (Fsp3) is 0.176. The van der Waals surface area contributed by atoms with E-state index in [-0.39, 0.29) is 0 Å². The van der Waals surface area contributed by atoms with Crippen molar-refractivity contribution in [2.45, 2.75) is 19.8 Å². The number of rotatable bonds is 3. The second-order valence-corrected chi connectivity index (χ2v) is 6.96. The fourth-order valence-corrected chi connectivity index (χ4v) is 4.18. The monoisotopic (exact) mass is 299 g/mol. The summed E-state index contributed by atoms with van der Waals surface area (Å²) in [5.41, 5.74) is 11.0. The first kappa shape index (κ1) is 13.4. The molecule has 0 saturated carbocycles. The number of thiophene rings is 2. The lowest BCUT2D eigenvalue weighted by Crippen LogP contribution is -1.93. The molecule has 1 nitrogen and oxygen atoms in total. The zero-order chi connectivity index (χ0) is 14.1. The van der Waals surface area contributed by atoms with Gasteiger partial charge in [0.05, 0.1) is 5.69 Å². The van der Waals surface area contributed by atoms with Crippen LogP contribution in [0.4, 0.5) is 5.69 Å². The van der Waals surface area contributed by atoms with Gasteiger partial charge in [0.25, 0.3) is 0 Å². The lowest BCUT2D eigenvalue weighted by Gasteiger charge is -2.09. The molecule has 2 N–H and O–H groups in total. The van der Waals surface area contributed by atoms with Crippen LogP contribution in [0.3, 0.4) is 0 Å². The third-order valence-corrected chi connectivity index (χ3v) is 5.59. The van der Waals surface area contributed by atoms with E-state index >= 15 is 0 Å². The molecule has 0 spiro atoms. The van der Waals surface area contributed by atoms with Crippen LogP contribution >= 0.6 is 22.7 Å². The Labute approximate surface area is 127 Å². The summed E-state index contributed by atoms with van der Waals surface area (Å²) in [6.45, 7) is 4.38. The largest absolute Gasteiger partial charge is 0.397 e. The van der Waals surface area contributed by atoms with Gasteiger partial charge in [-0.1, -0.05) is 44.2 Å². The van der Waals surface area contributed by atoms with Gasteiger partial charge in [0.1, 0.15) is 0 Å². The minimum Gasteiger partial charge on any atom is -0.397 e. The van der Waals surface area contributed by atoms with E-state index < -0.39 is 0 Å². The van der Waals surface area contributed by atoms with E-state index in [0.717, 1.165) is 5.69 Å². The summed E-state index contributed by atoms with van der Waals surface area (Å²) in [7, 11) is 0. The average Bonchev–Trinajstić information content (AvgIpc) is 3.08. The number of nitrogen functional groups attached to an aromatic ring is 1. The van der Waals surface area contributed by atoms with E-state index in [0.29, 0.717) is 5.92 Å². The molecular formula is C17H17NS2. The van der Waals surface area contributed by atoms with Crippen molar-refractivity contribution in [3.05, 3.63) is 52.0 Å². The molecule has 0 unspecified atom stereocenters. The summed E-state index contributed by atoms with van der Waals surface area (Å²) in [5.74, 6) is 0.475. The predicted octanol–water partition coefficient (Wildman–Crippen LogP) is 5.85. The van der Waals surface area contributed by atoms with Crippen LogP contribution in [-0.2, 0) is 0 Å². The standard InChI is InChI=1S/C17H17NS2/c1-11(2)17-16(18)14(10-20-17)12-6-3-4-7-13(12)15-8-5-9-19-15/h3-11H,18H2,1-2H3. The highest BCUT2D eigenvalue weighted by atomic mass is 32.1. The Balaban J connectivity index is 2.16. The molecule has 0 aliphatic rings. The van der Waals surface area contributed by atoms with Gasteiger partial charge in [0.15, 0.2) is 0 Å². The number of hydrogen-bond acceptors (Lipinski definition) is 3. The van der Waals surface area contributed by atoms with Gasteiger partial charge in [-0.05, 0) is 28.5 Å². The van der Waals surface area contributed by atoms with E-state index in [1.54, 1.807) is 22.7 Å². The van der Waals surface area contributed by atoms with Crippen molar-refractivity contribution >= 4 is 28.4 Å². The summed E-state index contributed by atoms with van der Waals surface area (Å²) in [4.78, 5) is 2.57. The minimum atomic E-state index is 0.475. The quantitative estimate of drug-likeness (QED) is 0.645. The van der Waals surface area contributed by atoms with Gasteiger partial charge in [0, 0.05) is 20.7 Å². The highest BCUT2D eigenvalue weighted by Crippen LogP contribution is 2.42. The van der Waals surface area contributed by atoms with E-state index in [9.17, 15) is 0 Å². The number of anilines is 1. The smallest absolute Gasteiger partial charge is 0.0538 e. The maximum atomic E-state index is 6.37. The normalized spacial score (nSPS) is 11.2. The maximum absolute atomic E-state index is 6.37. The SMILES string of the molecule is CC(C)c1scc(-c2ccccc2-c2cccs2)c1N. The number of nitrogens with two attached hydrogens (primary N) is 1. The second kappa shape index (κ2) is 5.43. The van der Waals surface area contributed by atoms with Crippen molar-refractivity contribution in [3.63, 3.8) is 0 Å². The highest BCUT2D eigenvalue weighted by Gasteiger charge is 2.16. The van der Waals surface area contributed by atoms with E-state index in [1.165, 1.54) is 26.4 Å². The van der Waals surface area contributed by atoms with Gasteiger partial charge in [-0.3, -0.25) is 0 Å². The lowest BCUT2D eigenvalue weighted by molar-refractivity contribution is 0.892. The molecule has 0 atom stereocenters. The first-order valence-corrected chi connectivity index (χ1v) is 8.44. The van der Waals surface area contributed by atoms with Gasteiger partial charge in [-0.15, -0.1) is 22.7 Å². The highest BCUT2D eigenvalue weighted by molar-refractivity contribution is 7.13. The fourth-order valence-electron chi connectivity index (χ4n) is 2.40. The van der Waals surface area contributed by atoms with Crippen molar-refractivity contribution in [2.75, 3.05) is 5.73 Å². The van der Waals surface area contributed by atoms with Crippen molar-refractivity contribution in [2.24, 2.45) is 0 Å². The molecule has 3 rings (SSSR count). The average molecular weight is 299 g/mol. The van der Waals surface area contributed by atoms with Crippen LogP contribution in [0.15, 0.2) is 47.2 Å². The molecule has 0 aliphatic heterocycles. The van der Waals surface area contributed by atoms with Crippen LogP contribution in [0, 0.1) is 0 Å². The topological polar surface area (TPSA) is 26.0 Å². The third kappa shape index (κ3) is 2.28. The van der Waals surface area contributed by atoms with Crippen molar-refractivity contribution in [1.29, 1.82) is 0 Å². The second-order valence-electron chi connectivity index (χ2n) is 5.10. The summed E-state index contributed by atoms with van der Waals surface area (Å²) in [5, 5.41) is 4.31. The van der Waals surface area contributed by atoms with Crippen molar-refractivity contribution in [3.8, 4) is 21.6 Å². The Bertz CT molecular complexity index is 708. The van der Waals surface area contributed by atoms with Crippen LogP contribution in [0.25, 0.3) is 21.6 Å². The maximum Gasteiger partial charge on any atom is 0.0538 e. The van der Waals surface area contributed by atoms with Gasteiger partial charge in [-0.25, -0.2) is 0 Å². The zero-order valence-corrected chi connectivity index (χ0v) is 13.2. The molecule has 3 heteroatoms. The van der Waals surface area contributed by atoms with Crippen molar-refractivity contribution < 1.29 is 0 Å². The summed E-state index contributed by atoms with van der Waals surface area (Å²) in [6, 6.07) is 12.8. The number of benzene rings is 1. The van der Waals surface area contributed by atoms with Gasteiger partial charge < -0.3 is 5.73 Å². The molecule has 2 heterocycles. The van der Waals surface area contributed by atoms with Gasteiger partial charge in [-0.2, -0.15) is 0 Å². The molecule has 0 amide bonds. The molecule has 2 aromatic heterocycles. The summed E-state index contributed by atoms with van der Waals surface area (Å²) >= 11 is 3.53. The van der Waals surface area contributed by atoms with Gasteiger partial charge >= 0.3 is 0 Å². The Morgan fingerprint density at radius 1 is 0.900 bits per heavy atom. The molecule has 102 valence electrons. The van der Waals surface area contributed by atoms with Crippen LogP contribution in [-0.4, -0.2) is 0 Å².